The van der Waals surface area contributed by atoms with Crippen LogP contribution in [0.2, 0.25) is 0 Å². The number of aliphatic hydroxyl groups is 1. The normalized spacial score (nSPS) is 24.8. The summed E-state index contributed by atoms with van der Waals surface area (Å²) >= 11 is 0. The van der Waals surface area contributed by atoms with E-state index in [1.54, 1.807) is 7.11 Å². The van der Waals surface area contributed by atoms with Crippen molar-refractivity contribution in [2.45, 2.75) is 51.9 Å². The molecule has 3 heteroatoms. The highest BCUT2D eigenvalue weighted by Crippen LogP contribution is 2.49. The quantitative estimate of drug-likeness (QED) is 0.857. The summed E-state index contributed by atoms with van der Waals surface area (Å²) in [6, 6.07) is 7.94. The fraction of sp³-hybridized carbons (Fsp3) is 0.625. The standard InChI is InChI=1S/C16H24O3/c1-4-16(5-2)14(17)10-15(16)19-11-12-7-6-8-13(9-12)18-3/h6-9,14-15,17H,4-5,10-11H2,1-3H3. The molecular formula is C16H24O3. The summed E-state index contributed by atoms with van der Waals surface area (Å²) in [6.07, 6.45) is 2.65. The van der Waals surface area contributed by atoms with Crippen molar-refractivity contribution in [1.82, 2.24) is 0 Å². The first-order valence-corrected chi connectivity index (χ1v) is 7.09. The topological polar surface area (TPSA) is 38.7 Å². The second kappa shape index (κ2) is 5.93. The Hall–Kier alpha value is -1.06. The van der Waals surface area contributed by atoms with Crippen molar-refractivity contribution in [2.75, 3.05) is 7.11 Å². The number of methoxy groups -OCH3 is 1. The van der Waals surface area contributed by atoms with Crippen molar-refractivity contribution in [3.63, 3.8) is 0 Å². The Morgan fingerprint density at radius 3 is 2.63 bits per heavy atom. The van der Waals surface area contributed by atoms with Crippen LogP contribution in [0, 0.1) is 5.41 Å². The number of hydrogen-bond acceptors (Lipinski definition) is 3. The van der Waals surface area contributed by atoms with Crippen molar-refractivity contribution < 1.29 is 14.6 Å². The number of ether oxygens (including phenoxy) is 2. The molecule has 1 aliphatic rings. The summed E-state index contributed by atoms with van der Waals surface area (Å²) < 4.78 is 11.2. The molecule has 1 N–H and O–H groups in total. The van der Waals surface area contributed by atoms with E-state index >= 15 is 0 Å². The molecule has 3 nitrogen and oxygen atoms in total. The van der Waals surface area contributed by atoms with Crippen LogP contribution < -0.4 is 4.74 Å². The Morgan fingerprint density at radius 1 is 1.32 bits per heavy atom. The minimum absolute atomic E-state index is 0.0428. The first-order chi connectivity index (χ1) is 9.16. The molecule has 1 saturated carbocycles. The monoisotopic (exact) mass is 264 g/mol. The van der Waals surface area contributed by atoms with E-state index in [1.807, 2.05) is 24.3 Å². The van der Waals surface area contributed by atoms with Gasteiger partial charge < -0.3 is 14.6 Å². The Kier molecular flexibility index (Phi) is 4.48. The molecule has 1 aliphatic carbocycles. The lowest BCUT2D eigenvalue weighted by Gasteiger charge is -2.52. The van der Waals surface area contributed by atoms with E-state index in [1.165, 1.54) is 0 Å². The van der Waals surface area contributed by atoms with Crippen LogP contribution in [0.3, 0.4) is 0 Å². The maximum atomic E-state index is 10.0. The van der Waals surface area contributed by atoms with E-state index in [9.17, 15) is 5.11 Å². The molecule has 0 heterocycles. The molecular weight excluding hydrogens is 240 g/mol. The third kappa shape index (κ3) is 2.63. The zero-order chi connectivity index (χ0) is 13.9. The van der Waals surface area contributed by atoms with Gasteiger partial charge in [-0.15, -0.1) is 0 Å². The van der Waals surface area contributed by atoms with Crippen LogP contribution in [0.15, 0.2) is 24.3 Å². The van der Waals surface area contributed by atoms with Crippen molar-refractivity contribution >= 4 is 0 Å². The number of hydrogen-bond donors (Lipinski definition) is 1. The zero-order valence-corrected chi connectivity index (χ0v) is 12.1. The van der Waals surface area contributed by atoms with Gasteiger partial charge in [0.1, 0.15) is 5.75 Å². The molecule has 2 rings (SSSR count). The Labute approximate surface area is 115 Å². The number of benzene rings is 1. The molecule has 0 amide bonds. The second-order valence-electron chi connectivity index (χ2n) is 5.34. The summed E-state index contributed by atoms with van der Waals surface area (Å²) in [6.45, 7) is 4.85. The molecule has 0 radical (unpaired) electrons. The molecule has 1 fully saturated rings. The fourth-order valence-electron chi connectivity index (χ4n) is 3.10. The lowest BCUT2D eigenvalue weighted by atomic mass is 9.60. The summed E-state index contributed by atoms with van der Waals surface area (Å²) in [5.74, 6) is 0.854. The van der Waals surface area contributed by atoms with Crippen molar-refractivity contribution in [1.29, 1.82) is 0 Å². The van der Waals surface area contributed by atoms with Crippen molar-refractivity contribution in [3.05, 3.63) is 29.8 Å². The Morgan fingerprint density at radius 2 is 2.05 bits per heavy atom. The molecule has 19 heavy (non-hydrogen) atoms. The fourth-order valence-corrected chi connectivity index (χ4v) is 3.10. The average molecular weight is 264 g/mol. The first kappa shape index (κ1) is 14.4. The lowest BCUT2D eigenvalue weighted by Crippen LogP contribution is -2.57. The second-order valence-corrected chi connectivity index (χ2v) is 5.34. The van der Waals surface area contributed by atoms with E-state index < -0.39 is 0 Å². The molecule has 1 aromatic carbocycles. The third-order valence-corrected chi connectivity index (χ3v) is 4.64. The zero-order valence-electron chi connectivity index (χ0n) is 12.1. The largest absolute Gasteiger partial charge is 0.497 e. The van der Waals surface area contributed by atoms with Crippen LogP contribution in [-0.4, -0.2) is 24.4 Å². The summed E-state index contributed by atoms with van der Waals surface area (Å²) in [5, 5.41) is 10.0. The molecule has 1 aromatic rings. The molecule has 0 bridgehead atoms. The van der Waals surface area contributed by atoms with Gasteiger partial charge in [0.2, 0.25) is 0 Å². The van der Waals surface area contributed by atoms with Crippen molar-refractivity contribution in [2.24, 2.45) is 5.41 Å². The van der Waals surface area contributed by atoms with Gasteiger partial charge in [0.05, 0.1) is 25.9 Å². The summed E-state index contributed by atoms with van der Waals surface area (Å²) in [5.41, 5.74) is 1.07. The highest BCUT2D eigenvalue weighted by atomic mass is 16.5. The minimum atomic E-state index is -0.210. The van der Waals surface area contributed by atoms with Crippen molar-refractivity contribution in [3.8, 4) is 5.75 Å². The van der Waals surface area contributed by atoms with Crippen LogP contribution in [0.1, 0.15) is 38.7 Å². The van der Waals surface area contributed by atoms with E-state index in [-0.39, 0.29) is 17.6 Å². The summed E-state index contributed by atoms with van der Waals surface area (Å²) in [4.78, 5) is 0. The van der Waals surface area contributed by atoms with E-state index in [0.29, 0.717) is 6.61 Å². The van der Waals surface area contributed by atoms with Crippen LogP contribution in [-0.2, 0) is 11.3 Å². The molecule has 0 spiro atoms. The molecule has 0 aliphatic heterocycles. The highest BCUT2D eigenvalue weighted by Gasteiger charge is 2.52. The van der Waals surface area contributed by atoms with Gasteiger partial charge in [-0.3, -0.25) is 0 Å². The van der Waals surface area contributed by atoms with Gasteiger partial charge >= 0.3 is 0 Å². The van der Waals surface area contributed by atoms with Crippen LogP contribution in [0.5, 0.6) is 5.75 Å². The van der Waals surface area contributed by atoms with E-state index in [4.69, 9.17) is 9.47 Å². The molecule has 0 saturated heterocycles. The lowest BCUT2D eigenvalue weighted by molar-refractivity contribution is -0.200. The maximum absolute atomic E-state index is 10.0. The molecule has 0 aromatic heterocycles. The Bertz CT molecular complexity index is 412. The van der Waals surface area contributed by atoms with Gasteiger partial charge in [0.25, 0.3) is 0 Å². The number of rotatable bonds is 6. The van der Waals surface area contributed by atoms with Crippen LogP contribution in [0.25, 0.3) is 0 Å². The predicted molar refractivity (Wildman–Crippen MR) is 75.2 cm³/mol. The van der Waals surface area contributed by atoms with Gasteiger partial charge in [0.15, 0.2) is 0 Å². The van der Waals surface area contributed by atoms with E-state index in [2.05, 4.69) is 13.8 Å². The van der Waals surface area contributed by atoms with Gasteiger partial charge in [-0.1, -0.05) is 26.0 Å². The van der Waals surface area contributed by atoms with E-state index in [0.717, 1.165) is 30.6 Å². The predicted octanol–water partition coefficient (Wildman–Crippen LogP) is 3.15. The van der Waals surface area contributed by atoms with Gasteiger partial charge in [-0.05, 0) is 30.5 Å². The molecule has 2 atom stereocenters. The third-order valence-electron chi connectivity index (χ3n) is 4.64. The van der Waals surface area contributed by atoms with Crippen LogP contribution in [0.4, 0.5) is 0 Å². The first-order valence-electron chi connectivity index (χ1n) is 7.09. The Balaban J connectivity index is 1.95. The van der Waals surface area contributed by atoms with Gasteiger partial charge in [-0.2, -0.15) is 0 Å². The molecule has 2 unspecified atom stereocenters. The SMILES string of the molecule is CCC1(CC)C(O)CC1OCc1cccc(OC)c1. The number of aliphatic hydroxyl groups excluding tert-OH is 1. The van der Waals surface area contributed by atoms with Crippen LogP contribution >= 0.6 is 0 Å². The smallest absolute Gasteiger partial charge is 0.119 e. The maximum Gasteiger partial charge on any atom is 0.119 e. The summed E-state index contributed by atoms with van der Waals surface area (Å²) in [7, 11) is 1.67. The van der Waals surface area contributed by atoms with Gasteiger partial charge in [-0.25, -0.2) is 0 Å². The highest BCUT2D eigenvalue weighted by molar-refractivity contribution is 5.28. The average Bonchev–Trinajstić information content (AvgIpc) is 2.45. The molecule has 106 valence electrons. The van der Waals surface area contributed by atoms with Gasteiger partial charge in [0, 0.05) is 11.8 Å². The minimum Gasteiger partial charge on any atom is -0.497 e.